The molecule has 1 aromatic carbocycles. The summed E-state index contributed by atoms with van der Waals surface area (Å²) in [5.74, 6) is -5.68. The molecule has 2 aromatic heterocycles. The largest absolute Gasteiger partial charge is 0.481 e. The van der Waals surface area contributed by atoms with Crippen LogP contribution in [0.15, 0.2) is 43.0 Å². The molecule has 3 amide bonds. The number of carboxylic acid groups (broad SMARTS) is 2. The van der Waals surface area contributed by atoms with E-state index in [1.807, 2.05) is 24.3 Å². The quantitative estimate of drug-likeness (QED) is 0.110. The molecule has 5 unspecified atom stereocenters. The van der Waals surface area contributed by atoms with Crippen LogP contribution in [0.3, 0.4) is 0 Å². The number of rotatable bonds is 14. The number of carboxylic acids is 2. The van der Waals surface area contributed by atoms with Gasteiger partial charge in [0.05, 0.1) is 24.9 Å². The van der Waals surface area contributed by atoms with Crippen molar-refractivity contribution >= 4 is 40.6 Å². The molecule has 5 atom stereocenters. The highest BCUT2D eigenvalue weighted by atomic mass is 16.4. The number of aliphatic carboxylic acids is 2. The van der Waals surface area contributed by atoms with Gasteiger partial charge >= 0.3 is 11.9 Å². The summed E-state index contributed by atoms with van der Waals surface area (Å²) in [5.41, 5.74) is 8.06. The van der Waals surface area contributed by atoms with Gasteiger partial charge in [-0.2, -0.15) is 0 Å². The maximum Gasteiger partial charge on any atom is 0.328 e. The molecular formula is C25H31N7O8. The van der Waals surface area contributed by atoms with Gasteiger partial charge in [0.2, 0.25) is 17.7 Å². The van der Waals surface area contributed by atoms with Gasteiger partial charge in [-0.15, -0.1) is 0 Å². The van der Waals surface area contributed by atoms with E-state index in [2.05, 4.69) is 30.9 Å². The number of carbonyl (C=O) groups excluding carboxylic acids is 3. The Labute approximate surface area is 227 Å². The fraction of sp³-hybridized carbons (Fsp3) is 0.360. The predicted octanol–water partition coefficient (Wildman–Crippen LogP) is -1.60. The van der Waals surface area contributed by atoms with E-state index in [9.17, 15) is 39.3 Å². The molecule has 10 N–H and O–H groups in total. The zero-order valence-electron chi connectivity index (χ0n) is 21.5. The molecule has 15 heteroatoms. The molecule has 0 spiro atoms. The third-order valence-electron chi connectivity index (χ3n) is 6.12. The van der Waals surface area contributed by atoms with Crippen LogP contribution < -0.4 is 21.7 Å². The van der Waals surface area contributed by atoms with Gasteiger partial charge < -0.3 is 47.0 Å². The van der Waals surface area contributed by atoms with E-state index < -0.39 is 66.4 Å². The molecule has 0 bridgehead atoms. The summed E-state index contributed by atoms with van der Waals surface area (Å²) in [6, 6.07) is 1.55. The zero-order chi connectivity index (χ0) is 29.4. The van der Waals surface area contributed by atoms with Gasteiger partial charge in [-0.25, -0.2) is 9.78 Å². The second-order valence-corrected chi connectivity index (χ2v) is 9.24. The summed E-state index contributed by atoms with van der Waals surface area (Å²) in [5, 5.41) is 36.1. The number of nitrogens with two attached hydrogens (primary N) is 1. The van der Waals surface area contributed by atoms with Crippen molar-refractivity contribution in [3.63, 3.8) is 0 Å². The smallest absolute Gasteiger partial charge is 0.328 e. The Morgan fingerprint density at radius 3 is 2.25 bits per heavy atom. The van der Waals surface area contributed by atoms with Gasteiger partial charge in [0.25, 0.3) is 0 Å². The van der Waals surface area contributed by atoms with Crippen molar-refractivity contribution in [1.29, 1.82) is 0 Å². The van der Waals surface area contributed by atoms with Gasteiger partial charge in [0, 0.05) is 35.4 Å². The normalized spacial score (nSPS) is 14.9. The molecule has 40 heavy (non-hydrogen) atoms. The molecule has 0 aliphatic heterocycles. The Kier molecular flexibility index (Phi) is 9.94. The van der Waals surface area contributed by atoms with Gasteiger partial charge in [-0.05, 0) is 25.0 Å². The van der Waals surface area contributed by atoms with Gasteiger partial charge in [-0.1, -0.05) is 18.2 Å². The number of benzene rings is 1. The Morgan fingerprint density at radius 2 is 1.62 bits per heavy atom. The monoisotopic (exact) mass is 557 g/mol. The van der Waals surface area contributed by atoms with Crippen LogP contribution in [0.1, 0.15) is 24.6 Å². The van der Waals surface area contributed by atoms with E-state index in [0.29, 0.717) is 5.69 Å². The van der Waals surface area contributed by atoms with E-state index in [1.165, 1.54) is 19.4 Å². The standard InChI is InChI=1S/C25H31N7O8/c1-12(33)21(25(39)40)32-24(38)18(7-14-10-27-11-29-14)31-23(37)19(8-20(34)35)30-22(36)16(26)6-13-9-28-17-5-3-2-4-15(13)17/h2-5,9-12,16,18-19,21,28,33H,6-8,26H2,1H3,(H,27,29)(H,30,36)(H,31,37)(H,32,38)(H,34,35)(H,39,40). The topological polar surface area (TPSA) is 253 Å². The van der Waals surface area contributed by atoms with Crippen LogP contribution in [0.5, 0.6) is 0 Å². The lowest BCUT2D eigenvalue weighted by Crippen LogP contribution is -2.59. The number of aromatic nitrogens is 3. The fourth-order valence-electron chi connectivity index (χ4n) is 4.03. The van der Waals surface area contributed by atoms with Crippen molar-refractivity contribution < 1.29 is 39.3 Å². The lowest BCUT2D eigenvalue weighted by Gasteiger charge is -2.25. The number of para-hydroxylation sites is 1. The number of aliphatic hydroxyl groups is 1. The van der Waals surface area contributed by atoms with Crippen molar-refractivity contribution in [2.24, 2.45) is 5.73 Å². The maximum atomic E-state index is 13.1. The molecule has 0 saturated carbocycles. The number of amides is 3. The summed E-state index contributed by atoms with van der Waals surface area (Å²) in [4.78, 5) is 71.5. The fourth-order valence-corrected chi connectivity index (χ4v) is 4.03. The number of hydrogen-bond acceptors (Lipinski definition) is 8. The molecule has 0 fully saturated rings. The second-order valence-electron chi connectivity index (χ2n) is 9.24. The van der Waals surface area contributed by atoms with Crippen molar-refractivity contribution in [2.75, 3.05) is 0 Å². The summed E-state index contributed by atoms with van der Waals surface area (Å²) < 4.78 is 0. The first-order valence-electron chi connectivity index (χ1n) is 12.3. The first-order chi connectivity index (χ1) is 19.0. The molecule has 0 aliphatic rings. The van der Waals surface area contributed by atoms with Gasteiger partial charge in [0.15, 0.2) is 6.04 Å². The second kappa shape index (κ2) is 13.3. The number of fused-ring (bicyclic) bond motifs is 1. The molecule has 0 aliphatic carbocycles. The van der Waals surface area contributed by atoms with Gasteiger partial charge in [0.1, 0.15) is 12.1 Å². The lowest BCUT2D eigenvalue weighted by molar-refractivity contribution is -0.145. The van der Waals surface area contributed by atoms with Crippen LogP contribution in [-0.2, 0) is 36.8 Å². The minimum absolute atomic E-state index is 0.0953. The number of carbonyl (C=O) groups is 5. The Bertz CT molecular complexity index is 1350. The minimum atomic E-state index is -1.68. The van der Waals surface area contributed by atoms with E-state index >= 15 is 0 Å². The average molecular weight is 558 g/mol. The lowest BCUT2D eigenvalue weighted by atomic mass is 10.0. The number of hydrogen-bond donors (Lipinski definition) is 9. The SMILES string of the molecule is CC(O)C(NC(=O)C(Cc1cnc[nH]1)NC(=O)C(CC(=O)O)NC(=O)C(N)Cc1c[nH]c2ccccc12)C(=O)O. The van der Waals surface area contributed by atoms with Crippen molar-refractivity contribution in [1.82, 2.24) is 30.9 Å². The number of aromatic amines is 2. The third-order valence-corrected chi connectivity index (χ3v) is 6.12. The molecule has 0 radical (unpaired) electrons. The first kappa shape index (κ1) is 29.8. The predicted molar refractivity (Wildman–Crippen MR) is 140 cm³/mol. The first-order valence-corrected chi connectivity index (χ1v) is 12.3. The number of imidazole rings is 1. The Hall–Kier alpha value is -4.76. The van der Waals surface area contributed by atoms with Crippen LogP contribution in [0.25, 0.3) is 10.9 Å². The number of H-pyrrole nitrogens is 2. The van der Waals surface area contributed by atoms with Crippen molar-refractivity contribution in [3.8, 4) is 0 Å². The van der Waals surface area contributed by atoms with Crippen LogP contribution in [-0.4, -0.2) is 90.2 Å². The van der Waals surface area contributed by atoms with E-state index in [4.69, 9.17) is 5.73 Å². The number of nitrogens with zero attached hydrogens (tertiary/aromatic N) is 1. The minimum Gasteiger partial charge on any atom is -0.481 e. The number of aliphatic hydroxyl groups excluding tert-OH is 1. The van der Waals surface area contributed by atoms with Crippen LogP contribution in [0, 0.1) is 0 Å². The van der Waals surface area contributed by atoms with Crippen molar-refractivity contribution in [2.45, 2.75) is 56.5 Å². The van der Waals surface area contributed by atoms with Crippen LogP contribution in [0.2, 0.25) is 0 Å². The summed E-state index contributed by atoms with van der Waals surface area (Å²) in [6.45, 7) is 1.17. The molecule has 214 valence electrons. The molecular weight excluding hydrogens is 526 g/mol. The van der Waals surface area contributed by atoms with Gasteiger partial charge in [-0.3, -0.25) is 19.2 Å². The molecule has 0 saturated heterocycles. The van der Waals surface area contributed by atoms with Crippen molar-refractivity contribution in [3.05, 3.63) is 54.2 Å². The zero-order valence-corrected chi connectivity index (χ0v) is 21.5. The molecule has 15 nitrogen and oxygen atoms in total. The summed E-state index contributed by atoms with van der Waals surface area (Å²) in [7, 11) is 0. The highest BCUT2D eigenvalue weighted by Gasteiger charge is 2.33. The van der Waals surface area contributed by atoms with E-state index in [-0.39, 0.29) is 12.8 Å². The summed E-state index contributed by atoms with van der Waals surface area (Å²) >= 11 is 0. The van der Waals surface area contributed by atoms with Crippen LogP contribution >= 0.6 is 0 Å². The average Bonchev–Trinajstić information content (AvgIpc) is 3.55. The molecule has 2 heterocycles. The highest BCUT2D eigenvalue weighted by Crippen LogP contribution is 2.18. The highest BCUT2D eigenvalue weighted by molar-refractivity contribution is 5.96. The van der Waals surface area contributed by atoms with E-state index in [1.54, 1.807) is 6.20 Å². The molecule has 3 rings (SSSR count). The van der Waals surface area contributed by atoms with E-state index in [0.717, 1.165) is 16.5 Å². The van der Waals surface area contributed by atoms with Crippen LogP contribution in [0.4, 0.5) is 0 Å². The number of nitrogens with one attached hydrogen (secondary N) is 5. The third kappa shape index (κ3) is 7.87. The molecule has 3 aromatic rings. The Balaban J connectivity index is 1.74. The Morgan fingerprint density at radius 1 is 0.950 bits per heavy atom. The summed E-state index contributed by atoms with van der Waals surface area (Å²) in [6.07, 6.45) is 2.04. The maximum absolute atomic E-state index is 13.1.